The molecule has 2 aromatic carbocycles. The standard InChI is InChI=1S/C29H35Br/c1-18-16-28-27(17-19-8-2-3-9-21(19)29(28)30)20(18)14-15-26-24-12-6-4-10-22(24)23-11-5-7-13-25(23)26/h4-7,10-13,18-21,26-29H,2-3,8-9,14-17H2,1H3. The number of rotatable bonds is 3. The van der Waals surface area contributed by atoms with E-state index in [1.807, 2.05) is 0 Å². The summed E-state index contributed by atoms with van der Waals surface area (Å²) in [6, 6.07) is 18.4. The lowest BCUT2D eigenvalue weighted by atomic mass is 9.62. The van der Waals surface area contributed by atoms with Crippen molar-refractivity contribution in [1.29, 1.82) is 0 Å². The van der Waals surface area contributed by atoms with Crippen LogP contribution < -0.4 is 0 Å². The van der Waals surface area contributed by atoms with E-state index in [4.69, 9.17) is 0 Å². The first-order chi connectivity index (χ1) is 14.7. The number of alkyl halides is 1. The highest BCUT2D eigenvalue weighted by atomic mass is 79.9. The van der Waals surface area contributed by atoms with Crippen LogP contribution >= 0.6 is 15.9 Å². The number of hydrogen-bond donors (Lipinski definition) is 0. The van der Waals surface area contributed by atoms with Gasteiger partial charge in [0.05, 0.1) is 0 Å². The highest BCUT2D eigenvalue weighted by molar-refractivity contribution is 9.09. The maximum atomic E-state index is 4.25. The average Bonchev–Trinajstić information content (AvgIpc) is 3.27. The van der Waals surface area contributed by atoms with Crippen molar-refractivity contribution in [2.75, 3.05) is 0 Å². The Morgan fingerprint density at radius 3 is 2.17 bits per heavy atom. The van der Waals surface area contributed by atoms with Crippen molar-refractivity contribution in [1.82, 2.24) is 0 Å². The van der Waals surface area contributed by atoms with Crippen LogP contribution in [0.4, 0.5) is 0 Å². The van der Waals surface area contributed by atoms with E-state index >= 15 is 0 Å². The van der Waals surface area contributed by atoms with Gasteiger partial charge in [0.1, 0.15) is 0 Å². The maximum absolute atomic E-state index is 4.25. The molecule has 7 atom stereocenters. The molecule has 4 aliphatic carbocycles. The summed E-state index contributed by atoms with van der Waals surface area (Å²) in [5.41, 5.74) is 6.13. The van der Waals surface area contributed by atoms with Crippen LogP contribution in [-0.2, 0) is 0 Å². The molecule has 0 aromatic heterocycles. The Balaban J connectivity index is 1.23. The highest BCUT2D eigenvalue weighted by Crippen LogP contribution is 2.59. The quantitative estimate of drug-likeness (QED) is 0.401. The molecule has 0 nitrogen and oxygen atoms in total. The van der Waals surface area contributed by atoms with Crippen molar-refractivity contribution >= 4 is 15.9 Å². The molecule has 0 bridgehead atoms. The lowest BCUT2D eigenvalue weighted by Crippen LogP contribution is -2.41. The van der Waals surface area contributed by atoms with Gasteiger partial charge in [0, 0.05) is 10.7 Å². The highest BCUT2D eigenvalue weighted by Gasteiger charge is 2.51. The molecule has 0 radical (unpaired) electrons. The SMILES string of the molecule is CC1CC2C(Br)C3CCCCC3CC2C1CCC1c2ccccc2-c2ccccc21. The molecule has 158 valence electrons. The van der Waals surface area contributed by atoms with Crippen molar-refractivity contribution in [2.45, 2.75) is 69.0 Å². The molecule has 0 amide bonds. The lowest BCUT2D eigenvalue weighted by molar-refractivity contribution is 0.0827. The van der Waals surface area contributed by atoms with Crippen LogP contribution in [0.15, 0.2) is 48.5 Å². The summed E-state index contributed by atoms with van der Waals surface area (Å²) in [5.74, 6) is 6.31. The Morgan fingerprint density at radius 2 is 1.43 bits per heavy atom. The second-order valence-electron chi connectivity index (χ2n) is 10.9. The molecular weight excluding hydrogens is 428 g/mol. The van der Waals surface area contributed by atoms with E-state index in [1.165, 1.54) is 62.5 Å². The maximum Gasteiger partial charge on any atom is 0.0207 e. The summed E-state index contributed by atoms with van der Waals surface area (Å²) >= 11 is 4.25. The van der Waals surface area contributed by atoms with Gasteiger partial charge in [0.15, 0.2) is 0 Å². The Morgan fingerprint density at radius 1 is 0.767 bits per heavy atom. The molecule has 0 saturated heterocycles. The van der Waals surface area contributed by atoms with Crippen molar-refractivity contribution in [2.24, 2.45) is 35.5 Å². The zero-order valence-corrected chi connectivity index (χ0v) is 19.9. The zero-order valence-electron chi connectivity index (χ0n) is 18.3. The fraction of sp³-hybridized carbons (Fsp3) is 0.586. The van der Waals surface area contributed by atoms with E-state index in [0.717, 1.165) is 40.3 Å². The van der Waals surface area contributed by atoms with Crippen LogP contribution in [-0.4, -0.2) is 4.83 Å². The Labute approximate surface area is 191 Å². The van der Waals surface area contributed by atoms with Gasteiger partial charge in [-0.15, -0.1) is 0 Å². The van der Waals surface area contributed by atoms with E-state index in [9.17, 15) is 0 Å². The summed E-state index contributed by atoms with van der Waals surface area (Å²) in [4.78, 5) is 0.793. The summed E-state index contributed by atoms with van der Waals surface area (Å²) in [7, 11) is 0. The van der Waals surface area contributed by atoms with E-state index in [0.29, 0.717) is 5.92 Å². The lowest BCUT2D eigenvalue weighted by Gasteiger charge is -2.46. The van der Waals surface area contributed by atoms with Gasteiger partial charge in [0.2, 0.25) is 0 Å². The second kappa shape index (κ2) is 7.80. The monoisotopic (exact) mass is 462 g/mol. The molecule has 0 N–H and O–H groups in total. The van der Waals surface area contributed by atoms with Gasteiger partial charge < -0.3 is 0 Å². The van der Waals surface area contributed by atoms with Crippen molar-refractivity contribution in [3.63, 3.8) is 0 Å². The van der Waals surface area contributed by atoms with Crippen LogP contribution in [0, 0.1) is 35.5 Å². The molecule has 3 fully saturated rings. The molecule has 0 spiro atoms. The molecule has 0 heterocycles. The van der Waals surface area contributed by atoms with Gasteiger partial charge in [-0.1, -0.05) is 90.6 Å². The van der Waals surface area contributed by atoms with Gasteiger partial charge in [-0.05, 0) is 89.9 Å². The van der Waals surface area contributed by atoms with Gasteiger partial charge in [-0.3, -0.25) is 0 Å². The molecule has 0 aliphatic heterocycles. The second-order valence-corrected chi connectivity index (χ2v) is 12.0. The summed E-state index contributed by atoms with van der Waals surface area (Å²) in [6.45, 7) is 2.57. The molecule has 7 unspecified atom stereocenters. The molecule has 2 aromatic rings. The van der Waals surface area contributed by atoms with Crippen molar-refractivity contribution < 1.29 is 0 Å². The van der Waals surface area contributed by atoms with E-state index < -0.39 is 0 Å². The minimum Gasteiger partial charge on any atom is -0.0884 e. The van der Waals surface area contributed by atoms with Crippen LogP contribution in [0.1, 0.15) is 75.3 Å². The average molecular weight is 464 g/mol. The Kier molecular flexibility index (Phi) is 5.10. The predicted octanol–water partition coefficient (Wildman–Crippen LogP) is 8.44. The number of halogens is 1. The predicted molar refractivity (Wildman–Crippen MR) is 130 cm³/mol. The number of fused-ring (bicyclic) bond motifs is 5. The molecule has 4 aliphatic rings. The first-order valence-electron chi connectivity index (χ1n) is 12.5. The third kappa shape index (κ3) is 3.06. The van der Waals surface area contributed by atoms with Crippen molar-refractivity contribution in [3.8, 4) is 11.1 Å². The summed E-state index contributed by atoms with van der Waals surface area (Å²) < 4.78 is 0. The fourth-order valence-electron chi connectivity index (χ4n) is 8.28. The van der Waals surface area contributed by atoms with Crippen LogP contribution in [0.3, 0.4) is 0 Å². The first-order valence-corrected chi connectivity index (χ1v) is 13.5. The van der Waals surface area contributed by atoms with Crippen LogP contribution in [0.5, 0.6) is 0 Å². The number of hydrogen-bond acceptors (Lipinski definition) is 0. The molecular formula is C29H35Br. The van der Waals surface area contributed by atoms with Gasteiger partial charge in [-0.2, -0.15) is 0 Å². The molecule has 6 rings (SSSR count). The van der Waals surface area contributed by atoms with E-state index in [1.54, 1.807) is 11.1 Å². The molecule has 3 saturated carbocycles. The Hall–Kier alpha value is -1.08. The summed E-state index contributed by atoms with van der Waals surface area (Å²) in [6.07, 6.45) is 11.7. The first kappa shape index (κ1) is 19.6. The largest absolute Gasteiger partial charge is 0.0884 e. The third-order valence-corrected chi connectivity index (χ3v) is 10.9. The minimum atomic E-state index is 0.606. The molecule has 1 heteroatoms. The smallest absolute Gasteiger partial charge is 0.0207 e. The topological polar surface area (TPSA) is 0 Å². The van der Waals surface area contributed by atoms with E-state index in [2.05, 4.69) is 71.4 Å². The van der Waals surface area contributed by atoms with Crippen LogP contribution in [0.25, 0.3) is 11.1 Å². The van der Waals surface area contributed by atoms with Gasteiger partial charge >= 0.3 is 0 Å². The normalized spacial score (nSPS) is 37.3. The zero-order chi connectivity index (χ0) is 20.2. The summed E-state index contributed by atoms with van der Waals surface area (Å²) in [5, 5.41) is 0. The van der Waals surface area contributed by atoms with Gasteiger partial charge in [0.25, 0.3) is 0 Å². The Bertz CT molecular complexity index is 871. The minimum absolute atomic E-state index is 0.606. The van der Waals surface area contributed by atoms with Crippen molar-refractivity contribution in [3.05, 3.63) is 59.7 Å². The van der Waals surface area contributed by atoms with Gasteiger partial charge in [-0.25, -0.2) is 0 Å². The van der Waals surface area contributed by atoms with E-state index in [-0.39, 0.29) is 0 Å². The van der Waals surface area contributed by atoms with Crippen LogP contribution in [0.2, 0.25) is 0 Å². The third-order valence-electron chi connectivity index (χ3n) is 9.59. The fourth-order valence-corrected chi connectivity index (χ4v) is 9.58. The number of benzene rings is 2. The molecule has 30 heavy (non-hydrogen) atoms.